The summed E-state index contributed by atoms with van der Waals surface area (Å²) in [5.74, 6) is 0.782. The van der Waals surface area contributed by atoms with Gasteiger partial charge in [0, 0.05) is 50.5 Å². The highest BCUT2D eigenvalue weighted by molar-refractivity contribution is 7.15. The van der Waals surface area contributed by atoms with E-state index in [-0.39, 0.29) is 5.91 Å². The maximum Gasteiger partial charge on any atom is 0.253 e. The molecule has 2 heterocycles. The summed E-state index contributed by atoms with van der Waals surface area (Å²) in [6.45, 7) is 4.08. The van der Waals surface area contributed by atoms with Crippen LogP contribution < -0.4 is 10.6 Å². The van der Waals surface area contributed by atoms with Crippen molar-refractivity contribution in [3.8, 4) is 0 Å². The Balaban J connectivity index is 1.56. The monoisotopic (exact) mass is 398 g/mol. The molecule has 0 aliphatic rings. The molecule has 148 valence electrons. The number of carbonyl (C=O) groups excluding carboxylic acids is 1. The zero-order valence-corrected chi connectivity index (χ0v) is 17.3. The van der Waals surface area contributed by atoms with E-state index in [1.807, 2.05) is 53.4 Å². The molecule has 3 aromatic rings. The molecule has 7 nitrogen and oxygen atoms in total. The molecule has 0 bridgehead atoms. The van der Waals surface area contributed by atoms with Gasteiger partial charge in [0.2, 0.25) is 0 Å². The average Bonchev–Trinajstić information content (AvgIpc) is 3.27. The van der Waals surface area contributed by atoms with E-state index in [0.29, 0.717) is 12.1 Å². The number of hydrogen-bond donors (Lipinski definition) is 2. The average molecular weight is 399 g/mol. The summed E-state index contributed by atoms with van der Waals surface area (Å²) in [4.78, 5) is 23.9. The van der Waals surface area contributed by atoms with Gasteiger partial charge in [0.1, 0.15) is 0 Å². The summed E-state index contributed by atoms with van der Waals surface area (Å²) in [6.07, 6.45) is 4.81. The Kier molecular flexibility index (Phi) is 6.65. The molecule has 0 saturated carbocycles. The number of nitrogens with one attached hydrogen (secondary N) is 2. The van der Waals surface area contributed by atoms with E-state index in [4.69, 9.17) is 0 Å². The third-order valence-corrected chi connectivity index (χ3v) is 4.94. The number of amides is 1. The van der Waals surface area contributed by atoms with Gasteiger partial charge in [-0.15, -0.1) is 11.3 Å². The molecular weight excluding hydrogens is 372 g/mol. The van der Waals surface area contributed by atoms with Crippen molar-refractivity contribution in [1.29, 1.82) is 0 Å². The van der Waals surface area contributed by atoms with Crippen molar-refractivity contribution >= 4 is 28.2 Å². The first kappa shape index (κ1) is 19.9. The van der Waals surface area contributed by atoms with Crippen LogP contribution in [0.4, 0.5) is 0 Å². The van der Waals surface area contributed by atoms with Crippen molar-refractivity contribution < 1.29 is 4.79 Å². The molecule has 0 saturated heterocycles. The number of thiazole rings is 1. The second-order valence-corrected chi connectivity index (χ2v) is 7.47. The Hall–Kier alpha value is -2.87. The molecule has 8 heteroatoms. The first-order valence-electron chi connectivity index (χ1n) is 9.30. The minimum absolute atomic E-state index is 0.0182. The summed E-state index contributed by atoms with van der Waals surface area (Å²) < 4.78 is 2.01. The molecular formula is C20H26N6OS. The third kappa shape index (κ3) is 5.10. The molecule has 1 amide bonds. The minimum atomic E-state index is 0.0182. The molecule has 28 heavy (non-hydrogen) atoms. The number of guanidine groups is 1. The molecule has 0 atom stereocenters. The van der Waals surface area contributed by atoms with Crippen molar-refractivity contribution in [2.24, 2.45) is 4.99 Å². The van der Waals surface area contributed by atoms with Gasteiger partial charge in [0.15, 0.2) is 10.9 Å². The number of nitrogens with zero attached hydrogens (tertiary/aromatic N) is 4. The van der Waals surface area contributed by atoms with Crippen molar-refractivity contribution in [1.82, 2.24) is 24.9 Å². The number of benzene rings is 1. The van der Waals surface area contributed by atoms with Crippen LogP contribution in [-0.4, -0.2) is 53.3 Å². The topological polar surface area (TPSA) is 74.0 Å². The van der Waals surface area contributed by atoms with Gasteiger partial charge in [-0.3, -0.25) is 9.20 Å². The highest BCUT2D eigenvalue weighted by Crippen LogP contribution is 2.12. The van der Waals surface area contributed by atoms with Crippen LogP contribution in [0.2, 0.25) is 0 Å². The first-order chi connectivity index (χ1) is 13.6. The number of fused-ring (bicyclic) bond motifs is 1. The second kappa shape index (κ2) is 9.36. The van der Waals surface area contributed by atoms with E-state index in [9.17, 15) is 4.79 Å². The number of hydrogen-bond acceptors (Lipinski definition) is 4. The number of carbonyl (C=O) groups is 1. The molecule has 0 unspecified atom stereocenters. The van der Waals surface area contributed by atoms with Gasteiger partial charge in [0.05, 0.1) is 12.2 Å². The predicted octanol–water partition coefficient (Wildman–Crippen LogP) is 2.40. The van der Waals surface area contributed by atoms with Crippen molar-refractivity contribution in [2.75, 3.05) is 27.2 Å². The molecule has 2 N–H and O–H groups in total. The van der Waals surface area contributed by atoms with Crippen molar-refractivity contribution in [3.05, 3.63) is 58.9 Å². The predicted molar refractivity (Wildman–Crippen MR) is 114 cm³/mol. The fourth-order valence-corrected chi connectivity index (χ4v) is 3.52. The fraction of sp³-hybridized carbons (Fsp3) is 0.350. The summed E-state index contributed by atoms with van der Waals surface area (Å²) >= 11 is 1.61. The largest absolute Gasteiger partial charge is 0.357 e. The van der Waals surface area contributed by atoms with E-state index in [2.05, 4.69) is 20.6 Å². The minimum Gasteiger partial charge on any atom is -0.357 e. The highest BCUT2D eigenvalue weighted by Gasteiger charge is 2.08. The normalized spacial score (nSPS) is 11.6. The van der Waals surface area contributed by atoms with E-state index in [0.717, 1.165) is 41.7 Å². The Morgan fingerprint density at radius 1 is 1.32 bits per heavy atom. The zero-order chi connectivity index (χ0) is 19.9. The van der Waals surface area contributed by atoms with Crippen LogP contribution in [0.3, 0.4) is 0 Å². The van der Waals surface area contributed by atoms with Crippen molar-refractivity contribution in [2.45, 2.75) is 19.9 Å². The summed E-state index contributed by atoms with van der Waals surface area (Å²) in [7, 11) is 3.53. The van der Waals surface area contributed by atoms with Crippen LogP contribution in [0.25, 0.3) is 4.96 Å². The van der Waals surface area contributed by atoms with Gasteiger partial charge in [-0.05, 0) is 31.0 Å². The Labute approximate surface area is 169 Å². The van der Waals surface area contributed by atoms with Crippen LogP contribution in [0.15, 0.2) is 47.0 Å². The van der Waals surface area contributed by atoms with E-state index in [1.165, 1.54) is 0 Å². The van der Waals surface area contributed by atoms with E-state index >= 15 is 0 Å². The maximum absolute atomic E-state index is 12.1. The van der Waals surface area contributed by atoms with Crippen LogP contribution >= 0.6 is 11.3 Å². The summed E-state index contributed by atoms with van der Waals surface area (Å²) in [6, 6.07) is 7.76. The Morgan fingerprint density at radius 2 is 2.18 bits per heavy atom. The Morgan fingerprint density at radius 3 is 2.93 bits per heavy atom. The number of rotatable bonds is 7. The van der Waals surface area contributed by atoms with Gasteiger partial charge in [-0.2, -0.15) is 0 Å². The van der Waals surface area contributed by atoms with Gasteiger partial charge in [-0.25, -0.2) is 9.98 Å². The SMILES string of the molecule is CCNC(=NCc1cn2ccsc2n1)NCCc1cccc(C(=O)N(C)C)c1. The van der Waals surface area contributed by atoms with Crippen LogP contribution in [0, 0.1) is 0 Å². The number of imidazole rings is 1. The van der Waals surface area contributed by atoms with Crippen LogP contribution in [0.1, 0.15) is 28.5 Å². The fourth-order valence-electron chi connectivity index (χ4n) is 2.80. The quantitative estimate of drug-likeness (QED) is 0.473. The maximum atomic E-state index is 12.1. The molecule has 3 rings (SSSR count). The van der Waals surface area contributed by atoms with Crippen LogP contribution in [0.5, 0.6) is 0 Å². The second-order valence-electron chi connectivity index (χ2n) is 6.60. The lowest BCUT2D eigenvalue weighted by molar-refractivity contribution is 0.0827. The van der Waals surface area contributed by atoms with E-state index in [1.54, 1.807) is 30.3 Å². The molecule has 0 aliphatic carbocycles. The summed E-state index contributed by atoms with van der Waals surface area (Å²) in [5.41, 5.74) is 2.77. The lowest BCUT2D eigenvalue weighted by atomic mass is 10.1. The molecule has 2 aromatic heterocycles. The first-order valence-corrected chi connectivity index (χ1v) is 10.2. The third-order valence-electron chi connectivity index (χ3n) is 4.17. The Bertz CT molecular complexity index is 930. The number of aliphatic imine (C=N–C) groups is 1. The van der Waals surface area contributed by atoms with Gasteiger partial charge < -0.3 is 15.5 Å². The highest BCUT2D eigenvalue weighted by atomic mass is 32.1. The molecule has 0 spiro atoms. The standard InChI is InChI=1S/C20H26N6OS/c1-4-21-19(23-13-17-14-26-10-11-28-20(26)24-17)22-9-8-15-6-5-7-16(12-15)18(27)25(2)3/h5-7,10-12,14H,4,8-9,13H2,1-3H3,(H2,21,22,23). The van der Waals surface area contributed by atoms with Crippen LogP contribution in [-0.2, 0) is 13.0 Å². The summed E-state index contributed by atoms with van der Waals surface area (Å²) in [5, 5.41) is 8.62. The van der Waals surface area contributed by atoms with Gasteiger partial charge in [-0.1, -0.05) is 12.1 Å². The molecule has 1 aromatic carbocycles. The van der Waals surface area contributed by atoms with E-state index < -0.39 is 0 Å². The molecule has 0 fully saturated rings. The lowest BCUT2D eigenvalue weighted by Gasteiger charge is -2.13. The van der Waals surface area contributed by atoms with Gasteiger partial charge in [0.25, 0.3) is 5.91 Å². The lowest BCUT2D eigenvalue weighted by Crippen LogP contribution is -2.38. The smallest absolute Gasteiger partial charge is 0.253 e. The van der Waals surface area contributed by atoms with Crippen molar-refractivity contribution in [3.63, 3.8) is 0 Å². The zero-order valence-electron chi connectivity index (χ0n) is 16.5. The molecule has 0 aliphatic heterocycles. The van der Waals surface area contributed by atoms with Gasteiger partial charge >= 0.3 is 0 Å². The number of aromatic nitrogens is 2. The molecule has 0 radical (unpaired) electrons.